The zero-order valence-corrected chi connectivity index (χ0v) is 19.0. The molecular formula is C27H22N4O2S. The number of thiophene rings is 1. The molecule has 5 rings (SSSR count). The molecule has 5 aromatic rings. The summed E-state index contributed by atoms with van der Waals surface area (Å²) in [4.78, 5) is 29.6. The summed E-state index contributed by atoms with van der Waals surface area (Å²) in [5.41, 5.74) is 5.44. The maximum atomic E-state index is 13.1. The Morgan fingerprint density at radius 1 is 0.941 bits per heavy atom. The van der Waals surface area contributed by atoms with Gasteiger partial charge in [-0.1, -0.05) is 66.7 Å². The summed E-state index contributed by atoms with van der Waals surface area (Å²) >= 11 is 1.33. The predicted octanol–water partition coefficient (Wildman–Crippen LogP) is 4.87. The molecule has 0 aliphatic rings. The van der Waals surface area contributed by atoms with Crippen molar-refractivity contribution >= 4 is 51.0 Å². The smallest absolute Gasteiger partial charge is 0.262 e. The first-order valence-electron chi connectivity index (χ1n) is 10.9. The Hall–Kier alpha value is -4.23. The highest BCUT2D eigenvalue weighted by Gasteiger charge is 2.23. The third kappa shape index (κ3) is 4.60. The number of rotatable bonds is 7. The third-order valence-corrected chi connectivity index (χ3v) is 6.54. The number of hydrazone groups is 1. The maximum absolute atomic E-state index is 13.1. The zero-order chi connectivity index (χ0) is 23.3. The molecule has 2 aromatic heterocycles. The molecule has 0 spiro atoms. The second-order valence-corrected chi connectivity index (χ2v) is 8.82. The molecule has 6 nitrogen and oxygen atoms in total. The molecule has 0 saturated carbocycles. The number of aromatic amines is 1. The minimum Gasteiger partial charge on any atom is -0.361 e. The zero-order valence-electron chi connectivity index (χ0n) is 18.2. The number of amides is 2. The number of fused-ring (bicyclic) bond motifs is 2. The lowest BCUT2D eigenvalue weighted by Gasteiger charge is -2.16. The van der Waals surface area contributed by atoms with Gasteiger partial charge in [0.2, 0.25) is 0 Å². The molecule has 1 atom stereocenters. The van der Waals surface area contributed by atoms with E-state index in [-0.39, 0.29) is 11.8 Å². The Balaban J connectivity index is 1.36. The van der Waals surface area contributed by atoms with Gasteiger partial charge in [0.1, 0.15) is 6.04 Å². The van der Waals surface area contributed by atoms with Gasteiger partial charge in [-0.15, -0.1) is 11.3 Å². The summed E-state index contributed by atoms with van der Waals surface area (Å²) in [6, 6.07) is 24.5. The molecule has 7 heteroatoms. The van der Waals surface area contributed by atoms with E-state index in [1.54, 1.807) is 12.3 Å². The minimum absolute atomic E-state index is 0.284. The molecular weight excluding hydrogens is 444 g/mol. The minimum atomic E-state index is -0.793. The van der Waals surface area contributed by atoms with Crippen molar-refractivity contribution in [1.29, 1.82) is 0 Å². The van der Waals surface area contributed by atoms with Crippen molar-refractivity contribution in [2.75, 3.05) is 0 Å². The lowest BCUT2D eigenvalue weighted by atomic mass is 10.0. The van der Waals surface area contributed by atoms with Crippen LogP contribution in [0.3, 0.4) is 0 Å². The van der Waals surface area contributed by atoms with E-state index >= 15 is 0 Å². The number of benzene rings is 3. The first kappa shape index (κ1) is 21.6. The van der Waals surface area contributed by atoms with Gasteiger partial charge in [-0.3, -0.25) is 9.59 Å². The normalized spacial score (nSPS) is 12.2. The SMILES string of the molecule is O=C(N[C@H](Cc1c[nH]c2ccccc12)C(=O)N/N=C\c1cccc2ccccc12)c1cccs1. The largest absolute Gasteiger partial charge is 0.361 e. The van der Waals surface area contributed by atoms with Gasteiger partial charge >= 0.3 is 0 Å². The van der Waals surface area contributed by atoms with Gasteiger partial charge in [0, 0.05) is 29.1 Å². The standard InChI is InChI=1S/C27H22N4O2S/c32-26(31-29-17-19-9-5-8-18-7-1-2-10-21(18)19)24(30-27(33)25-13-6-14-34-25)15-20-16-28-23-12-4-3-11-22(20)23/h1-14,16-17,24,28H,15H2,(H,30,33)(H,31,32)/b29-17-/t24-/m1/s1. The van der Waals surface area contributed by atoms with Crippen molar-refractivity contribution in [2.24, 2.45) is 5.10 Å². The molecule has 168 valence electrons. The van der Waals surface area contributed by atoms with E-state index in [1.807, 2.05) is 84.4 Å². The monoisotopic (exact) mass is 466 g/mol. The number of para-hydroxylation sites is 1. The summed E-state index contributed by atoms with van der Waals surface area (Å²) in [7, 11) is 0. The summed E-state index contributed by atoms with van der Waals surface area (Å²) in [6.45, 7) is 0. The van der Waals surface area contributed by atoms with Crippen LogP contribution in [-0.2, 0) is 11.2 Å². The fourth-order valence-electron chi connectivity index (χ4n) is 3.97. The van der Waals surface area contributed by atoms with E-state index in [2.05, 4.69) is 20.8 Å². The fourth-order valence-corrected chi connectivity index (χ4v) is 4.60. The molecule has 0 aliphatic carbocycles. The van der Waals surface area contributed by atoms with Crippen molar-refractivity contribution < 1.29 is 9.59 Å². The van der Waals surface area contributed by atoms with Gasteiger partial charge in [-0.05, 0) is 33.8 Å². The predicted molar refractivity (Wildman–Crippen MR) is 137 cm³/mol. The highest BCUT2D eigenvalue weighted by atomic mass is 32.1. The molecule has 2 amide bonds. The summed E-state index contributed by atoms with van der Waals surface area (Å²) in [5.74, 6) is -0.667. The average Bonchev–Trinajstić information content (AvgIpc) is 3.54. The highest BCUT2D eigenvalue weighted by Crippen LogP contribution is 2.20. The van der Waals surface area contributed by atoms with E-state index in [0.29, 0.717) is 11.3 Å². The molecule has 3 N–H and O–H groups in total. The lowest BCUT2D eigenvalue weighted by Crippen LogP contribution is -2.46. The molecule has 34 heavy (non-hydrogen) atoms. The van der Waals surface area contributed by atoms with E-state index in [1.165, 1.54) is 11.3 Å². The number of aromatic nitrogens is 1. The van der Waals surface area contributed by atoms with Gasteiger partial charge in [0.05, 0.1) is 11.1 Å². The Kier molecular flexibility index (Phi) is 6.18. The number of carbonyl (C=O) groups excluding carboxylic acids is 2. The molecule has 0 radical (unpaired) electrons. The number of carbonyl (C=O) groups is 2. The van der Waals surface area contributed by atoms with Crippen LogP contribution in [0.5, 0.6) is 0 Å². The van der Waals surface area contributed by atoms with Gasteiger partial charge in [0.25, 0.3) is 11.8 Å². The van der Waals surface area contributed by atoms with Gasteiger partial charge in [-0.2, -0.15) is 5.10 Å². The number of hydrogen-bond donors (Lipinski definition) is 3. The van der Waals surface area contributed by atoms with Crippen LogP contribution in [0.25, 0.3) is 21.7 Å². The van der Waals surface area contributed by atoms with Crippen LogP contribution in [0.4, 0.5) is 0 Å². The number of nitrogens with zero attached hydrogens (tertiary/aromatic N) is 1. The van der Waals surface area contributed by atoms with Crippen molar-refractivity contribution in [3.63, 3.8) is 0 Å². The van der Waals surface area contributed by atoms with Crippen LogP contribution in [-0.4, -0.2) is 29.1 Å². The Bertz CT molecular complexity index is 1480. The van der Waals surface area contributed by atoms with E-state index in [4.69, 9.17) is 0 Å². The summed E-state index contributed by atoms with van der Waals surface area (Å²) in [6.07, 6.45) is 3.84. The number of H-pyrrole nitrogens is 1. The first-order valence-corrected chi connectivity index (χ1v) is 11.8. The third-order valence-electron chi connectivity index (χ3n) is 5.67. The lowest BCUT2D eigenvalue weighted by molar-refractivity contribution is -0.122. The van der Waals surface area contributed by atoms with Crippen molar-refractivity contribution in [1.82, 2.24) is 15.7 Å². The van der Waals surface area contributed by atoms with Crippen molar-refractivity contribution in [3.05, 3.63) is 106 Å². The van der Waals surface area contributed by atoms with Gasteiger partial charge < -0.3 is 10.3 Å². The van der Waals surface area contributed by atoms with Gasteiger partial charge in [-0.25, -0.2) is 5.43 Å². The van der Waals surface area contributed by atoms with Crippen molar-refractivity contribution in [3.8, 4) is 0 Å². The highest BCUT2D eigenvalue weighted by molar-refractivity contribution is 7.12. The summed E-state index contributed by atoms with van der Waals surface area (Å²) in [5, 5.41) is 12.1. The fraction of sp³-hybridized carbons (Fsp3) is 0.0741. The Labute approximate surface area is 200 Å². The molecule has 3 aromatic carbocycles. The van der Waals surface area contributed by atoms with Crippen LogP contribution in [0.1, 0.15) is 20.8 Å². The van der Waals surface area contributed by atoms with Gasteiger partial charge in [0.15, 0.2) is 0 Å². The molecule has 0 bridgehead atoms. The number of nitrogens with one attached hydrogen (secondary N) is 3. The topological polar surface area (TPSA) is 86.3 Å². The molecule has 2 heterocycles. The van der Waals surface area contributed by atoms with Crippen LogP contribution < -0.4 is 10.7 Å². The molecule has 0 saturated heterocycles. The Morgan fingerprint density at radius 2 is 1.74 bits per heavy atom. The maximum Gasteiger partial charge on any atom is 0.262 e. The van der Waals surface area contributed by atoms with Crippen molar-refractivity contribution in [2.45, 2.75) is 12.5 Å². The summed E-state index contributed by atoms with van der Waals surface area (Å²) < 4.78 is 0. The Morgan fingerprint density at radius 3 is 2.59 bits per heavy atom. The van der Waals surface area contributed by atoms with E-state index in [9.17, 15) is 9.59 Å². The van der Waals surface area contributed by atoms with Crippen LogP contribution >= 0.6 is 11.3 Å². The molecule has 0 fully saturated rings. The van der Waals surface area contributed by atoms with E-state index in [0.717, 1.165) is 32.8 Å². The average molecular weight is 467 g/mol. The van der Waals surface area contributed by atoms with Crippen LogP contribution in [0, 0.1) is 0 Å². The van der Waals surface area contributed by atoms with Crippen LogP contribution in [0.15, 0.2) is 95.5 Å². The first-order chi connectivity index (χ1) is 16.7. The molecule has 0 unspecified atom stereocenters. The quantitative estimate of drug-likeness (QED) is 0.236. The van der Waals surface area contributed by atoms with Crippen LogP contribution in [0.2, 0.25) is 0 Å². The van der Waals surface area contributed by atoms with E-state index < -0.39 is 6.04 Å². The second-order valence-electron chi connectivity index (χ2n) is 7.87. The number of hydrogen-bond acceptors (Lipinski definition) is 4. The second kappa shape index (κ2) is 9.72. The molecule has 0 aliphatic heterocycles.